The first-order valence-corrected chi connectivity index (χ1v) is 8.61. The van der Waals surface area contributed by atoms with Gasteiger partial charge in [0, 0.05) is 22.5 Å². The maximum atomic E-state index is 12.3. The predicted octanol–water partition coefficient (Wildman–Crippen LogP) is 2.98. The minimum atomic E-state index is -0.169. The zero-order valence-electron chi connectivity index (χ0n) is 15.2. The highest BCUT2D eigenvalue weighted by atomic mass is 16.3. The number of rotatable bonds is 6. The molecule has 0 fully saturated rings. The summed E-state index contributed by atoms with van der Waals surface area (Å²) in [6.07, 6.45) is 0. The van der Waals surface area contributed by atoms with Gasteiger partial charge in [0.1, 0.15) is 11.2 Å². The number of nitrogens with one attached hydrogen (secondary N) is 2. The molecule has 3 aromatic rings. The summed E-state index contributed by atoms with van der Waals surface area (Å²) >= 11 is 0. The maximum absolute atomic E-state index is 12.3. The number of fused-ring (bicyclic) bond motifs is 3. The Hall–Kier alpha value is -2.86. The van der Waals surface area contributed by atoms with E-state index in [1.54, 1.807) is 11.9 Å². The number of hydrogen-bond donors (Lipinski definition) is 2. The van der Waals surface area contributed by atoms with Gasteiger partial charge < -0.3 is 15.1 Å². The molecule has 3 rings (SSSR count). The highest BCUT2D eigenvalue weighted by Crippen LogP contribution is 2.30. The molecule has 0 aliphatic heterocycles. The quantitative estimate of drug-likeness (QED) is 0.714. The van der Waals surface area contributed by atoms with Crippen molar-refractivity contribution in [2.75, 3.05) is 25.5 Å². The van der Waals surface area contributed by atoms with Crippen molar-refractivity contribution < 1.29 is 14.0 Å². The van der Waals surface area contributed by atoms with Gasteiger partial charge in [-0.2, -0.15) is 0 Å². The van der Waals surface area contributed by atoms with Crippen molar-refractivity contribution in [2.24, 2.45) is 0 Å². The normalized spacial score (nSPS) is 11.4. The lowest BCUT2D eigenvalue weighted by molar-refractivity contribution is -0.123. The van der Waals surface area contributed by atoms with Crippen molar-refractivity contribution in [1.29, 1.82) is 0 Å². The number of carbonyl (C=O) groups is 2. The van der Waals surface area contributed by atoms with Gasteiger partial charge in [0.15, 0.2) is 0 Å². The molecule has 0 spiro atoms. The van der Waals surface area contributed by atoms with E-state index in [0.29, 0.717) is 5.69 Å². The molecule has 0 saturated heterocycles. The molecular weight excluding hydrogens is 330 g/mol. The molecule has 0 bridgehead atoms. The summed E-state index contributed by atoms with van der Waals surface area (Å²) in [5.41, 5.74) is 2.31. The van der Waals surface area contributed by atoms with E-state index in [2.05, 4.69) is 10.6 Å². The average Bonchev–Trinajstić information content (AvgIpc) is 2.91. The molecule has 136 valence electrons. The molecule has 0 aliphatic carbocycles. The van der Waals surface area contributed by atoms with Crippen LogP contribution in [0.15, 0.2) is 46.9 Å². The first-order valence-electron chi connectivity index (χ1n) is 8.61. The number of carbonyl (C=O) groups excluding carboxylic acids is 2. The fourth-order valence-corrected chi connectivity index (χ4v) is 2.92. The summed E-state index contributed by atoms with van der Waals surface area (Å²) in [6.45, 7) is 4.12. The molecule has 1 aromatic heterocycles. The van der Waals surface area contributed by atoms with Gasteiger partial charge in [-0.05, 0) is 45.2 Å². The highest BCUT2D eigenvalue weighted by molar-refractivity contribution is 6.07. The van der Waals surface area contributed by atoms with Gasteiger partial charge in [0.25, 0.3) is 0 Å². The van der Waals surface area contributed by atoms with Crippen LogP contribution in [0.4, 0.5) is 5.69 Å². The first-order chi connectivity index (χ1) is 12.4. The number of benzene rings is 2. The Bertz CT molecular complexity index is 946. The minimum absolute atomic E-state index is 0.0845. The zero-order chi connectivity index (χ0) is 18.7. The molecule has 0 unspecified atom stereocenters. The first kappa shape index (κ1) is 17.9. The standard InChI is InChI=1S/C20H23N3O3/c1-13(2)21-19(24)11-23(3)12-20(25)22-14-8-9-18-16(10-14)15-6-4-5-7-17(15)26-18/h4-10,13H,11-12H2,1-3H3,(H,21,24)(H,22,25). The fraction of sp³-hybridized carbons (Fsp3) is 0.300. The van der Waals surface area contributed by atoms with Crippen molar-refractivity contribution >= 4 is 39.4 Å². The molecule has 0 radical (unpaired) electrons. The SMILES string of the molecule is CC(C)NC(=O)CN(C)CC(=O)Nc1ccc2oc3ccccc3c2c1. The van der Waals surface area contributed by atoms with Crippen LogP contribution < -0.4 is 10.6 Å². The van der Waals surface area contributed by atoms with Crippen molar-refractivity contribution in [3.8, 4) is 0 Å². The summed E-state index contributed by atoms with van der Waals surface area (Å²) in [7, 11) is 1.74. The highest BCUT2D eigenvalue weighted by Gasteiger charge is 2.13. The van der Waals surface area contributed by atoms with Crippen LogP contribution in [0.5, 0.6) is 0 Å². The second kappa shape index (κ2) is 7.58. The van der Waals surface area contributed by atoms with Gasteiger partial charge in [0.05, 0.1) is 13.1 Å². The lowest BCUT2D eigenvalue weighted by atomic mass is 10.1. The lowest BCUT2D eigenvalue weighted by Crippen LogP contribution is -2.41. The second-order valence-electron chi connectivity index (χ2n) is 6.75. The molecule has 0 saturated carbocycles. The van der Waals surface area contributed by atoms with E-state index in [1.165, 1.54) is 0 Å². The average molecular weight is 353 g/mol. The van der Waals surface area contributed by atoms with Gasteiger partial charge in [-0.25, -0.2) is 0 Å². The number of para-hydroxylation sites is 1. The maximum Gasteiger partial charge on any atom is 0.238 e. The van der Waals surface area contributed by atoms with Crippen LogP contribution in [0.2, 0.25) is 0 Å². The molecule has 6 nitrogen and oxygen atoms in total. The Kier molecular flexibility index (Phi) is 5.23. The van der Waals surface area contributed by atoms with Gasteiger partial charge in [-0.1, -0.05) is 18.2 Å². The molecule has 2 aromatic carbocycles. The molecule has 2 N–H and O–H groups in total. The van der Waals surface area contributed by atoms with E-state index in [1.807, 2.05) is 56.3 Å². The number of likely N-dealkylation sites (N-methyl/N-ethyl adjacent to an activating group) is 1. The predicted molar refractivity (Wildman–Crippen MR) is 103 cm³/mol. The van der Waals surface area contributed by atoms with Crippen LogP contribution in [0, 0.1) is 0 Å². The topological polar surface area (TPSA) is 74.6 Å². The van der Waals surface area contributed by atoms with Crippen molar-refractivity contribution in [3.63, 3.8) is 0 Å². The molecule has 2 amide bonds. The van der Waals surface area contributed by atoms with Gasteiger partial charge in [-0.3, -0.25) is 14.5 Å². The molecule has 26 heavy (non-hydrogen) atoms. The molecular formula is C20H23N3O3. The zero-order valence-corrected chi connectivity index (χ0v) is 15.2. The number of hydrogen-bond acceptors (Lipinski definition) is 4. The van der Waals surface area contributed by atoms with E-state index >= 15 is 0 Å². The van der Waals surface area contributed by atoms with Gasteiger partial charge in [0.2, 0.25) is 11.8 Å². The van der Waals surface area contributed by atoms with Crippen LogP contribution in [-0.4, -0.2) is 42.9 Å². The Morgan fingerprint density at radius 2 is 1.69 bits per heavy atom. The third kappa shape index (κ3) is 4.21. The summed E-state index contributed by atoms with van der Waals surface area (Å²) < 4.78 is 5.79. The number of furan rings is 1. The van der Waals surface area contributed by atoms with E-state index in [-0.39, 0.29) is 30.9 Å². The van der Waals surface area contributed by atoms with Crippen LogP contribution in [-0.2, 0) is 9.59 Å². The number of amides is 2. The Balaban J connectivity index is 1.65. The summed E-state index contributed by atoms with van der Waals surface area (Å²) in [5.74, 6) is -0.265. The molecule has 0 aliphatic rings. The molecule has 6 heteroatoms. The largest absolute Gasteiger partial charge is 0.456 e. The molecule has 1 heterocycles. The lowest BCUT2D eigenvalue weighted by Gasteiger charge is -2.17. The van der Waals surface area contributed by atoms with Crippen molar-refractivity contribution in [3.05, 3.63) is 42.5 Å². The number of nitrogens with zero attached hydrogens (tertiary/aromatic N) is 1. The molecule has 0 atom stereocenters. The van der Waals surface area contributed by atoms with E-state index in [0.717, 1.165) is 21.9 Å². The second-order valence-corrected chi connectivity index (χ2v) is 6.75. The fourth-order valence-electron chi connectivity index (χ4n) is 2.92. The van der Waals surface area contributed by atoms with Crippen LogP contribution in [0.25, 0.3) is 21.9 Å². The van der Waals surface area contributed by atoms with Crippen LogP contribution in [0.3, 0.4) is 0 Å². The van der Waals surface area contributed by atoms with Crippen LogP contribution >= 0.6 is 0 Å². The summed E-state index contributed by atoms with van der Waals surface area (Å²) in [6, 6.07) is 13.5. The minimum Gasteiger partial charge on any atom is -0.456 e. The number of anilines is 1. The van der Waals surface area contributed by atoms with Crippen LogP contribution in [0.1, 0.15) is 13.8 Å². The Labute approximate surface area is 152 Å². The Morgan fingerprint density at radius 3 is 2.46 bits per heavy atom. The third-order valence-corrected chi connectivity index (χ3v) is 3.94. The summed E-state index contributed by atoms with van der Waals surface area (Å²) in [4.78, 5) is 25.7. The smallest absolute Gasteiger partial charge is 0.238 e. The van der Waals surface area contributed by atoms with E-state index in [9.17, 15) is 9.59 Å². The van der Waals surface area contributed by atoms with Crippen molar-refractivity contribution in [2.45, 2.75) is 19.9 Å². The van der Waals surface area contributed by atoms with E-state index < -0.39 is 0 Å². The van der Waals surface area contributed by atoms with E-state index in [4.69, 9.17) is 4.42 Å². The Morgan fingerprint density at radius 1 is 1.00 bits per heavy atom. The monoisotopic (exact) mass is 353 g/mol. The van der Waals surface area contributed by atoms with Gasteiger partial charge >= 0.3 is 0 Å². The third-order valence-electron chi connectivity index (χ3n) is 3.94. The van der Waals surface area contributed by atoms with Gasteiger partial charge in [-0.15, -0.1) is 0 Å². The summed E-state index contributed by atoms with van der Waals surface area (Å²) in [5, 5.41) is 7.66. The van der Waals surface area contributed by atoms with Crippen molar-refractivity contribution in [1.82, 2.24) is 10.2 Å².